The first kappa shape index (κ1) is 10.4. The summed E-state index contributed by atoms with van der Waals surface area (Å²) in [5.41, 5.74) is 0.977. The maximum Gasteiger partial charge on any atom is 0.119 e. The quantitative estimate of drug-likeness (QED) is 0.812. The molecule has 0 bridgehead atoms. The van der Waals surface area contributed by atoms with E-state index < -0.39 is 6.10 Å². The maximum absolute atomic E-state index is 8.99. The average Bonchev–Trinajstić information content (AvgIpc) is 2.07. The van der Waals surface area contributed by atoms with Crippen molar-refractivity contribution in [1.29, 1.82) is 0 Å². The molecular formula is C10H13ClO2. The van der Waals surface area contributed by atoms with E-state index in [0.29, 0.717) is 6.61 Å². The molecule has 1 rings (SSSR count). The van der Waals surface area contributed by atoms with Gasteiger partial charge in [0.25, 0.3) is 0 Å². The Kier molecular flexibility index (Phi) is 3.58. The maximum atomic E-state index is 8.99. The number of hydrogen-bond donors (Lipinski definition) is 1. The van der Waals surface area contributed by atoms with Gasteiger partial charge in [-0.25, -0.2) is 0 Å². The normalized spacial score (nSPS) is 12.6. The van der Waals surface area contributed by atoms with Gasteiger partial charge in [0, 0.05) is 5.02 Å². The number of rotatable bonds is 3. The lowest BCUT2D eigenvalue weighted by molar-refractivity contribution is 0.122. The molecule has 0 unspecified atom stereocenters. The molecule has 1 aromatic carbocycles. The fraction of sp³-hybridized carbons (Fsp3) is 0.400. The first-order valence-electron chi connectivity index (χ1n) is 4.16. The molecule has 1 aromatic rings. The van der Waals surface area contributed by atoms with Gasteiger partial charge in [-0.2, -0.15) is 0 Å². The first-order valence-corrected chi connectivity index (χ1v) is 4.54. The summed E-state index contributed by atoms with van der Waals surface area (Å²) < 4.78 is 5.29. The van der Waals surface area contributed by atoms with Crippen molar-refractivity contribution in [2.24, 2.45) is 0 Å². The van der Waals surface area contributed by atoms with Gasteiger partial charge in [-0.1, -0.05) is 11.6 Å². The van der Waals surface area contributed by atoms with Gasteiger partial charge in [-0.15, -0.1) is 0 Å². The summed E-state index contributed by atoms with van der Waals surface area (Å²) in [6, 6.07) is 5.43. The molecule has 0 spiro atoms. The summed E-state index contributed by atoms with van der Waals surface area (Å²) in [4.78, 5) is 0. The zero-order valence-electron chi connectivity index (χ0n) is 7.75. The van der Waals surface area contributed by atoms with E-state index in [1.807, 2.05) is 13.0 Å². The van der Waals surface area contributed by atoms with E-state index in [0.717, 1.165) is 16.3 Å². The Morgan fingerprint density at radius 3 is 2.77 bits per heavy atom. The molecule has 72 valence electrons. The summed E-state index contributed by atoms with van der Waals surface area (Å²) in [6.45, 7) is 3.90. The third-order valence-electron chi connectivity index (χ3n) is 1.62. The smallest absolute Gasteiger partial charge is 0.119 e. The van der Waals surface area contributed by atoms with Crippen molar-refractivity contribution in [3.05, 3.63) is 28.8 Å². The molecule has 0 aliphatic carbocycles. The van der Waals surface area contributed by atoms with E-state index >= 15 is 0 Å². The fourth-order valence-electron chi connectivity index (χ4n) is 0.924. The molecule has 3 heteroatoms. The van der Waals surface area contributed by atoms with E-state index in [1.54, 1.807) is 19.1 Å². The van der Waals surface area contributed by atoms with E-state index in [4.69, 9.17) is 21.4 Å². The molecule has 0 heterocycles. The Labute approximate surface area is 83.1 Å². The van der Waals surface area contributed by atoms with E-state index in [2.05, 4.69) is 0 Å². The fourth-order valence-corrected chi connectivity index (χ4v) is 1.04. The van der Waals surface area contributed by atoms with Gasteiger partial charge >= 0.3 is 0 Å². The molecule has 0 saturated carbocycles. The standard InChI is InChI=1S/C10H13ClO2/c1-7-5-9(3-4-10(7)11)13-6-8(2)12/h3-5,8,12H,6H2,1-2H3/t8-/m1/s1. The van der Waals surface area contributed by atoms with Gasteiger partial charge < -0.3 is 9.84 Å². The van der Waals surface area contributed by atoms with Crippen LogP contribution in [0.1, 0.15) is 12.5 Å². The Bertz CT molecular complexity index is 284. The van der Waals surface area contributed by atoms with Crippen LogP contribution in [0.15, 0.2) is 18.2 Å². The van der Waals surface area contributed by atoms with Gasteiger partial charge in [0.15, 0.2) is 0 Å². The van der Waals surface area contributed by atoms with Crippen LogP contribution in [-0.4, -0.2) is 17.8 Å². The van der Waals surface area contributed by atoms with Crippen LogP contribution in [-0.2, 0) is 0 Å². The van der Waals surface area contributed by atoms with Gasteiger partial charge in [0.05, 0.1) is 6.10 Å². The molecular weight excluding hydrogens is 188 g/mol. The number of benzene rings is 1. The number of halogens is 1. The molecule has 0 aliphatic heterocycles. The van der Waals surface area contributed by atoms with Crippen LogP contribution in [0.5, 0.6) is 5.75 Å². The lowest BCUT2D eigenvalue weighted by Crippen LogP contribution is -2.12. The summed E-state index contributed by atoms with van der Waals surface area (Å²) in [5, 5.41) is 9.71. The van der Waals surface area contributed by atoms with Crippen molar-refractivity contribution in [3.63, 3.8) is 0 Å². The van der Waals surface area contributed by atoms with Gasteiger partial charge in [0.2, 0.25) is 0 Å². The number of aliphatic hydroxyl groups excluding tert-OH is 1. The molecule has 0 saturated heterocycles. The monoisotopic (exact) mass is 200 g/mol. The Morgan fingerprint density at radius 2 is 2.23 bits per heavy atom. The van der Waals surface area contributed by atoms with E-state index in [-0.39, 0.29) is 0 Å². The van der Waals surface area contributed by atoms with Crippen LogP contribution in [0.2, 0.25) is 5.02 Å². The Hall–Kier alpha value is -0.730. The Morgan fingerprint density at radius 1 is 1.54 bits per heavy atom. The minimum absolute atomic E-state index is 0.307. The zero-order valence-corrected chi connectivity index (χ0v) is 8.51. The zero-order chi connectivity index (χ0) is 9.84. The van der Waals surface area contributed by atoms with Crippen molar-refractivity contribution < 1.29 is 9.84 Å². The van der Waals surface area contributed by atoms with Gasteiger partial charge in [-0.3, -0.25) is 0 Å². The van der Waals surface area contributed by atoms with E-state index in [1.165, 1.54) is 0 Å². The number of aliphatic hydroxyl groups is 1. The second-order valence-electron chi connectivity index (χ2n) is 3.07. The molecule has 1 atom stereocenters. The van der Waals surface area contributed by atoms with Crippen LogP contribution in [0, 0.1) is 6.92 Å². The minimum Gasteiger partial charge on any atom is -0.491 e. The third-order valence-corrected chi connectivity index (χ3v) is 2.04. The topological polar surface area (TPSA) is 29.5 Å². The molecule has 13 heavy (non-hydrogen) atoms. The second kappa shape index (κ2) is 4.49. The van der Waals surface area contributed by atoms with Crippen molar-refractivity contribution in [3.8, 4) is 5.75 Å². The van der Waals surface area contributed by atoms with Crippen LogP contribution in [0.3, 0.4) is 0 Å². The number of hydrogen-bond acceptors (Lipinski definition) is 2. The summed E-state index contributed by atoms with van der Waals surface area (Å²) in [7, 11) is 0. The van der Waals surface area contributed by atoms with E-state index in [9.17, 15) is 0 Å². The third kappa shape index (κ3) is 3.25. The largest absolute Gasteiger partial charge is 0.491 e. The lowest BCUT2D eigenvalue weighted by atomic mass is 10.2. The second-order valence-corrected chi connectivity index (χ2v) is 3.48. The van der Waals surface area contributed by atoms with Gasteiger partial charge in [0.1, 0.15) is 12.4 Å². The summed E-state index contributed by atoms with van der Waals surface area (Å²) >= 11 is 5.84. The molecule has 1 N–H and O–H groups in total. The Balaban J connectivity index is 2.63. The average molecular weight is 201 g/mol. The lowest BCUT2D eigenvalue weighted by Gasteiger charge is -2.08. The van der Waals surface area contributed by atoms with Crippen LogP contribution in [0.4, 0.5) is 0 Å². The highest BCUT2D eigenvalue weighted by atomic mass is 35.5. The number of aryl methyl sites for hydroxylation is 1. The van der Waals surface area contributed by atoms with Crippen LogP contribution >= 0.6 is 11.6 Å². The molecule has 0 radical (unpaired) electrons. The van der Waals surface area contributed by atoms with Crippen LogP contribution in [0.25, 0.3) is 0 Å². The van der Waals surface area contributed by atoms with Crippen molar-refractivity contribution in [2.45, 2.75) is 20.0 Å². The molecule has 0 fully saturated rings. The highest BCUT2D eigenvalue weighted by molar-refractivity contribution is 6.31. The predicted octanol–water partition coefficient (Wildman–Crippen LogP) is 2.41. The molecule has 0 aliphatic rings. The summed E-state index contributed by atoms with van der Waals surface area (Å²) in [5.74, 6) is 0.739. The molecule has 0 aromatic heterocycles. The SMILES string of the molecule is Cc1cc(OC[C@@H](C)O)ccc1Cl. The van der Waals surface area contributed by atoms with Crippen molar-refractivity contribution in [2.75, 3.05) is 6.61 Å². The minimum atomic E-state index is -0.448. The molecule has 2 nitrogen and oxygen atoms in total. The molecule has 0 amide bonds. The van der Waals surface area contributed by atoms with Gasteiger partial charge in [-0.05, 0) is 37.6 Å². The first-order chi connectivity index (χ1) is 6.09. The summed E-state index contributed by atoms with van der Waals surface area (Å²) in [6.07, 6.45) is -0.448. The van der Waals surface area contributed by atoms with Crippen LogP contribution < -0.4 is 4.74 Å². The highest BCUT2D eigenvalue weighted by Crippen LogP contribution is 2.20. The predicted molar refractivity (Wildman–Crippen MR) is 53.4 cm³/mol. The van der Waals surface area contributed by atoms with Crippen molar-refractivity contribution >= 4 is 11.6 Å². The number of ether oxygens (including phenoxy) is 1. The highest BCUT2D eigenvalue weighted by Gasteiger charge is 2.00. The van der Waals surface area contributed by atoms with Crippen molar-refractivity contribution in [1.82, 2.24) is 0 Å².